The monoisotopic (exact) mass is 464 g/mol. The number of fused-ring (bicyclic) bond motifs is 2. The molecule has 2 saturated carbocycles. The first-order valence-corrected chi connectivity index (χ1v) is 11.0. The fraction of sp³-hybridized carbons (Fsp3) is 0.500. The van der Waals surface area contributed by atoms with Gasteiger partial charge in [-0.25, -0.2) is 17.6 Å². The van der Waals surface area contributed by atoms with Crippen LogP contribution in [-0.4, -0.2) is 53.9 Å². The van der Waals surface area contributed by atoms with Crippen molar-refractivity contribution in [2.75, 3.05) is 20.3 Å². The van der Waals surface area contributed by atoms with E-state index in [9.17, 15) is 13.6 Å². The Morgan fingerprint density at radius 2 is 1.91 bits per heavy atom. The molecule has 2 aromatic rings. The minimum atomic E-state index is -3.08. The lowest BCUT2D eigenvalue weighted by atomic mass is 9.55. The number of alkyl halides is 4. The van der Waals surface area contributed by atoms with Gasteiger partial charge in [0, 0.05) is 37.1 Å². The first-order valence-electron chi connectivity index (χ1n) is 11.0. The predicted octanol–water partition coefficient (Wildman–Crippen LogP) is 4.71. The van der Waals surface area contributed by atoms with Crippen molar-refractivity contribution in [3.63, 3.8) is 0 Å². The number of halogens is 4. The molecule has 2 bridgehead atoms. The molecule has 4 fully saturated rings. The highest BCUT2D eigenvalue weighted by atomic mass is 19.3. The van der Waals surface area contributed by atoms with Gasteiger partial charge in [-0.3, -0.25) is 9.78 Å². The van der Waals surface area contributed by atoms with Crippen LogP contribution in [0.5, 0.6) is 11.5 Å². The average molecular weight is 464 g/mol. The summed E-state index contributed by atoms with van der Waals surface area (Å²) in [5, 5.41) is 0. The predicted molar refractivity (Wildman–Crippen MR) is 111 cm³/mol. The number of carbonyl (C=O) groups is 1. The number of ether oxygens (including phenoxy) is 2. The molecule has 176 valence electrons. The molecule has 0 spiro atoms. The molecule has 3 heterocycles. The van der Waals surface area contributed by atoms with E-state index in [1.807, 2.05) is 0 Å². The number of hydrogen-bond donors (Lipinski definition) is 0. The lowest BCUT2D eigenvalue weighted by Gasteiger charge is -2.62. The van der Waals surface area contributed by atoms with Crippen LogP contribution in [0.2, 0.25) is 0 Å². The maximum Gasteiger partial charge on any atom is 0.279 e. The van der Waals surface area contributed by atoms with Gasteiger partial charge in [-0.2, -0.15) is 0 Å². The van der Waals surface area contributed by atoms with Crippen molar-refractivity contribution in [3.8, 4) is 11.5 Å². The minimum absolute atomic E-state index is 0.120. The number of amides is 1. The summed E-state index contributed by atoms with van der Waals surface area (Å²) >= 11 is 0. The zero-order valence-electron chi connectivity index (χ0n) is 18.1. The number of aromatic nitrogens is 1. The van der Waals surface area contributed by atoms with E-state index in [0.29, 0.717) is 11.4 Å². The lowest BCUT2D eigenvalue weighted by Crippen LogP contribution is -2.75. The molecule has 4 aliphatic rings. The summed E-state index contributed by atoms with van der Waals surface area (Å²) in [6.07, 6.45) is 1.38. The highest BCUT2D eigenvalue weighted by Gasteiger charge is 2.74. The van der Waals surface area contributed by atoms with Crippen molar-refractivity contribution < 1.29 is 31.8 Å². The largest absolute Gasteiger partial charge is 0.493 e. The lowest BCUT2D eigenvalue weighted by molar-refractivity contribution is -0.237. The van der Waals surface area contributed by atoms with Crippen molar-refractivity contribution in [2.45, 2.75) is 49.0 Å². The standard InChI is InChI=1S/C24H24F4N2O3/c1-32-18-10-16(5-6-17(18)33-14-15-11-23(25,26)12-15)21(31)30-9-7-22(13-20(30)24(22,27)28)19-4-2-3-8-29-19/h2-6,8,10,15,20H,7,9,11-14H2,1H3. The summed E-state index contributed by atoms with van der Waals surface area (Å²) in [7, 11) is 1.40. The van der Waals surface area contributed by atoms with Crippen LogP contribution in [0.15, 0.2) is 42.6 Å². The van der Waals surface area contributed by atoms with E-state index >= 15 is 8.78 Å². The van der Waals surface area contributed by atoms with Gasteiger partial charge in [-0.05, 0) is 43.2 Å². The molecule has 2 aliphatic heterocycles. The third-order valence-corrected chi connectivity index (χ3v) is 7.23. The Kier molecular flexibility index (Phi) is 5.06. The zero-order valence-corrected chi connectivity index (χ0v) is 18.1. The van der Waals surface area contributed by atoms with E-state index in [0.717, 1.165) is 0 Å². The van der Waals surface area contributed by atoms with Crippen LogP contribution in [-0.2, 0) is 5.41 Å². The first-order chi connectivity index (χ1) is 15.7. The summed E-state index contributed by atoms with van der Waals surface area (Å²) in [5.74, 6) is -5.86. The first kappa shape index (κ1) is 22.0. The van der Waals surface area contributed by atoms with Gasteiger partial charge in [-0.1, -0.05) is 6.07 Å². The second-order valence-electron chi connectivity index (χ2n) is 9.20. The number of methoxy groups -OCH3 is 1. The van der Waals surface area contributed by atoms with Crippen molar-refractivity contribution in [2.24, 2.45) is 5.92 Å². The molecule has 5 nitrogen and oxygen atoms in total. The maximum atomic E-state index is 15.3. The summed E-state index contributed by atoms with van der Waals surface area (Å²) < 4.78 is 67.5. The van der Waals surface area contributed by atoms with Crippen molar-refractivity contribution >= 4 is 5.91 Å². The number of piperidine rings is 2. The van der Waals surface area contributed by atoms with Crippen molar-refractivity contribution in [1.29, 1.82) is 0 Å². The van der Waals surface area contributed by atoms with E-state index in [1.54, 1.807) is 18.2 Å². The van der Waals surface area contributed by atoms with Crippen LogP contribution in [0.25, 0.3) is 0 Å². The third-order valence-electron chi connectivity index (χ3n) is 7.23. The van der Waals surface area contributed by atoms with Gasteiger partial charge < -0.3 is 14.4 Å². The van der Waals surface area contributed by atoms with Crippen LogP contribution in [0.1, 0.15) is 41.7 Å². The summed E-state index contributed by atoms with van der Waals surface area (Å²) in [4.78, 5) is 18.5. The maximum absolute atomic E-state index is 15.3. The Balaban J connectivity index is 1.29. The van der Waals surface area contributed by atoms with Crippen LogP contribution < -0.4 is 9.47 Å². The third kappa shape index (κ3) is 3.43. The molecule has 1 aromatic heterocycles. The Hall–Kier alpha value is -2.84. The second-order valence-corrected chi connectivity index (χ2v) is 9.20. The van der Waals surface area contributed by atoms with Gasteiger partial charge in [-0.15, -0.1) is 0 Å². The fourth-order valence-corrected chi connectivity index (χ4v) is 5.31. The summed E-state index contributed by atoms with van der Waals surface area (Å²) in [6, 6.07) is 8.28. The minimum Gasteiger partial charge on any atom is -0.493 e. The van der Waals surface area contributed by atoms with Crippen molar-refractivity contribution in [1.82, 2.24) is 9.88 Å². The molecule has 2 atom stereocenters. The summed E-state index contributed by atoms with van der Waals surface area (Å²) in [6.45, 7) is 0.321. The van der Waals surface area contributed by atoms with Gasteiger partial charge in [0.1, 0.15) is 0 Å². The molecule has 2 saturated heterocycles. The zero-order chi connectivity index (χ0) is 23.4. The van der Waals surface area contributed by atoms with Gasteiger partial charge in [0.05, 0.1) is 30.9 Å². The number of carbonyl (C=O) groups excluding carboxylic acids is 1. The van der Waals surface area contributed by atoms with Gasteiger partial charge in [0.15, 0.2) is 11.5 Å². The van der Waals surface area contributed by atoms with Crippen LogP contribution in [0, 0.1) is 5.92 Å². The normalized spacial score (nSPS) is 27.3. The van der Waals surface area contributed by atoms with E-state index in [4.69, 9.17) is 9.47 Å². The molecule has 1 amide bonds. The Morgan fingerprint density at radius 3 is 2.52 bits per heavy atom. The number of benzene rings is 1. The van der Waals surface area contributed by atoms with Gasteiger partial charge in [0.25, 0.3) is 11.8 Å². The number of nitrogens with zero attached hydrogens (tertiary/aromatic N) is 2. The topological polar surface area (TPSA) is 51.7 Å². The van der Waals surface area contributed by atoms with Gasteiger partial charge in [0.2, 0.25) is 5.92 Å². The molecule has 0 N–H and O–H groups in total. The van der Waals surface area contributed by atoms with E-state index in [-0.39, 0.29) is 56.1 Å². The Labute approximate surface area is 188 Å². The molecule has 33 heavy (non-hydrogen) atoms. The van der Waals surface area contributed by atoms with Crippen LogP contribution >= 0.6 is 0 Å². The van der Waals surface area contributed by atoms with E-state index in [1.165, 1.54) is 36.4 Å². The fourth-order valence-electron chi connectivity index (χ4n) is 5.31. The second kappa shape index (κ2) is 7.60. The average Bonchev–Trinajstić information content (AvgIpc) is 2.80. The molecular weight excluding hydrogens is 440 g/mol. The highest BCUT2D eigenvalue weighted by molar-refractivity contribution is 5.95. The quantitative estimate of drug-likeness (QED) is 0.582. The smallest absolute Gasteiger partial charge is 0.279 e. The van der Waals surface area contributed by atoms with Gasteiger partial charge >= 0.3 is 0 Å². The molecule has 2 aliphatic carbocycles. The molecule has 6 rings (SSSR count). The molecule has 0 radical (unpaired) electrons. The van der Waals surface area contributed by atoms with Crippen molar-refractivity contribution in [3.05, 3.63) is 53.9 Å². The highest BCUT2D eigenvalue weighted by Crippen LogP contribution is 2.61. The number of hydrogen-bond acceptors (Lipinski definition) is 4. The number of pyridine rings is 1. The summed E-state index contributed by atoms with van der Waals surface area (Å²) in [5.41, 5.74) is -0.753. The molecule has 9 heteroatoms. The molecule has 2 unspecified atom stereocenters. The van der Waals surface area contributed by atoms with Crippen LogP contribution in [0.4, 0.5) is 17.6 Å². The Bertz CT molecular complexity index is 1050. The van der Waals surface area contributed by atoms with Crippen LogP contribution in [0.3, 0.4) is 0 Å². The Morgan fingerprint density at radius 1 is 1.12 bits per heavy atom. The van der Waals surface area contributed by atoms with E-state index in [2.05, 4.69) is 4.98 Å². The van der Waals surface area contributed by atoms with E-state index < -0.39 is 29.2 Å². The molecule has 1 aromatic carbocycles. The SMILES string of the molecule is COc1cc(C(=O)N2CCC3(c4ccccn4)CC2C3(F)F)ccc1OCC1CC(F)(F)C1. The number of rotatable bonds is 6. The molecular formula is C24H24F4N2O3.